The number of furan rings is 2. The van der Waals surface area contributed by atoms with E-state index >= 15 is 0 Å². The van der Waals surface area contributed by atoms with Gasteiger partial charge >= 0.3 is 0 Å². The van der Waals surface area contributed by atoms with Crippen LogP contribution in [0.5, 0.6) is 0 Å². The molecule has 4 heteroatoms. The summed E-state index contributed by atoms with van der Waals surface area (Å²) >= 11 is 12.2. The number of alkyl halides is 1. The molecule has 2 heterocycles. The summed E-state index contributed by atoms with van der Waals surface area (Å²) in [5.41, 5.74) is 3.13. The Hall–Kier alpha value is -1.90. The third kappa shape index (κ3) is 1.62. The fraction of sp³-hybridized carbons (Fsp3) is 0.111. The Morgan fingerprint density at radius 2 is 1.73 bits per heavy atom. The molecule has 0 amide bonds. The first kappa shape index (κ1) is 12.6. The lowest BCUT2D eigenvalue weighted by Crippen LogP contribution is -2.25. The van der Waals surface area contributed by atoms with Crippen molar-refractivity contribution in [3.8, 4) is 0 Å². The van der Waals surface area contributed by atoms with Gasteiger partial charge in [0.15, 0.2) is 11.2 Å². The molecule has 1 unspecified atom stereocenters. The van der Waals surface area contributed by atoms with Crippen LogP contribution < -0.4 is 10.6 Å². The van der Waals surface area contributed by atoms with Crippen LogP contribution in [-0.4, -0.2) is 5.38 Å². The van der Waals surface area contributed by atoms with Gasteiger partial charge in [-0.15, -0.1) is 11.6 Å². The Balaban J connectivity index is 2.01. The van der Waals surface area contributed by atoms with Crippen LogP contribution in [0.4, 0.5) is 0 Å². The molecule has 2 nitrogen and oxygen atoms in total. The summed E-state index contributed by atoms with van der Waals surface area (Å²) in [6.07, 6.45) is 4.91. The Bertz CT molecular complexity index is 1180. The second kappa shape index (κ2) is 4.31. The summed E-state index contributed by atoms with van der Waals surface area (Å²) in [6.45, 7) is 0. The van der Waals surface area contributed by atoms with Crippen molar-refractivity contribution in [1.82, 2.24) is 0 Å². The molecule has 0 saturated heterocycles. The van der Waals surface area contributed by atoms with Crippen LogP contribution in [0.25, 0.3) is 45.1 Å². The molecule has 1 aliphatic carbocycles. The first-order valence-electron chi connectivity index (χ1n) is 7.10. The molecule has 2 aromatic heterocycles. The third-order valence-corrected chi connectivity index (χ3v) is 4.74. The van der Waals surface area contributed by atoms with E-state index < -0.39 is 0 Å². The minimum Gasteiger partial charge on any atom is -0.452 e. The van der Waals surface area contributed by atoms with Crippen LogP contribution in [0.1, 0.15) is 6.42 Å². The van der Waals surface area contributed by atoms with Gasteiger partial charge in [-0.2, -0.15) is 0 Å². The largest absolute Gasteiger partial charge is 0.452 e. The third-order valence-electron chi connectivity index (χ3n) is 4.21. The van der Waals surface area contributed by atoms with Crippen molar-refractivity contribution < 1.29 is 8.83 Å². The highest BCUT2D eigenvalue weighted by Gasteiger charge is 2.16. The normalized spacial score (nSPS) is 17.6. The van der Waals surface area contributed by atoms with E-state index in [1.54, 1.807) is 0 Å². The lowest BCUT2D eigenvalue weighted by molar-refractivity contribution is 0.563. The smallest absolute Gasteiger partial charge is 0.178 e. The molecule has 0 spiro atoms. The molecule has 5 rings (SSSR count). The first-order valence-corrected chi connectivity index (χ1v) is 7.91. The van der Waals surface area contributed by atoms with Crippen LogP contribution in [0.3, 0.4) is 0 Å². The lowest BCUT2D eigenvalue weighted by Gasteiger charge is -2.00. The van der Waals surface area contributed by atoms with Crippen molar-refractivity contribution in [3.63, 3.8) is 0 Å². The maximum Gasteiger partial charge on any atom is 0.178 e. The minimum absolute atomic E-state index is 0.0157. The molecule has 1 atom stereocenters. The van der Waals surface area contributed by atoms with E-state index in [-0.39, 0.29) is 5.38 Å². The van der Waals surface area contributed by atoms with Crippen LogP contribution in [0.15, 0.2) is 39.2 Å². The SMILES string of the molecule is Clc1ccc2c(c1)oc1c2ccc2c3c(oc21)=CC(Cl)CC=3. The molecule has 0 radical (unpaired) electrons. The molecular weight excluding hydrogens is 319 g/mol. The van der Waals surface area contributed by atoms with Gasteiger partial charge < -0.3 is 8.83 Å². The summed E-state index contributed by atoms with van der Waals surface area (Å²) in [6, 6.07) is 9.84. The van der Waals surface area contributed by atoms with E-state index in [4.69, 9.17) is 32.0 Å². The van der Waals surface area contributed by atoms with E-state index in [0.29, 0.717) is 5.02 Å². The number of halogens is 2. The molecule has 0 fully saturated rings. The van der Waals surface area contributed by atoms with Crippen molar-refractivity contribution >= 4 is 68.3 Å². The average molecular weight is 329 g/mol. The molecular formula is C18H10Cl2O2. The van der Waals surface area contributed by atoms with Gasteiger partial charge in [0.2, 0.25) is 0 Å². The predicted molar refractivity (Wildman–Crippen MR) is 90.9 cm³/mol. The molecule has 0 bridgehead atoms. The van der Waals surface area contributed by atoms with Crippen LogP contribution in [0, 0.1) is 0 Å². The first-order chi connectivity index (χ1) is 10.7. The highest BCUT2D eigenvalue weighted by atomic mass is 35.5. The number of rotatable bonds is 0. The maximum atomic E-state index is 6.19. The van der Waals surface area contributed by atoms with E-state index in [0.717, 1.165) is 50.0 Å². The zero-order chi connectivity index (χ0) is 14.8. The van der Waals surface area contributed by atoms with Gasteiger partial charge in [0.1, 0.15) is 11.0 Å². The van der Waals surface area contributed by atoms with Crippen molar-refractivity contribution in [1.29, 1.82) is 0 Å². The van der Waals surface area contributed by atoms with Gasteiger partial charge in [-0.05, 0) is 36.8 Å². The highest BCUT2D eigenvalue weighted by Crippen LogP contribution is 2.34. The van der Waals surface area contributed by atoms with E-state index in [1.807, 2.05) is 24.3 Å². The Morgan fingerprint density at radius 3 is 2.64 bits per heavy atom. The predicted octanol–water partition coefficient (Wildman–Crippen LogP) is 4.56. The second-order valence-electron chi connectivity index (χ2n) is 5.56. The molecule has 22 heavy (non-hydrogen) atoms. The van der Waals surface area contributed by atoms with Crippen molar-refractivity contribution in [2.45, 2.75) is 11.8 Å². The van der Waals surface area contributed by atoms with Crippen LogP contribution in [-0.2, 0) is 0 Å². The van der Waals surface area contributed by atoms with Gasteiger partial charge in [-0.3, -0.25) is 0 Å². The van der Waals surface area contributed by atoms with Crippen molar-refractivity contribution in [3.05, 3.63) is 46.0 Å². The second-order valence-corrected chi connectivity index (χ2v) is 6.56. The maximum absolute atomic E-state index is 6.19. The van der Waals surface area contributed by atoms with E-state index in [1.165, 1.54) is 0 Å². The summed E-state index contributed by atoms with van der Waals surface area (Å²) in [7, 11) is 0. The number of benzene rings is 2. The molecule has 1 aliphatic rings. The zero-order valence-corrected chi connectivity index (χ0v) is 12.9. The standard InChI is InChI=1S/C18H10Cl2O2/c19-9-1-3-11-13-5-6-14-12-4-2-10(20)8-16(12)22-18(14)17(13)21-15(11)7-9/h1,3-8,10H,2H2. The fourth-order valence-electron chi connectivity index (χ4n) is 3.20. The number of fused-ring (bicyclic) bond motifs is 7. The molecule has 0 N–H and O–H groups in total. The van der Waals surface area contributed by atoms with Crippen LogP contribution in [0.2, 0.25) is 5.02 Å². The number of hydrogen-bond acceptors (Lipinski definition) is 2. The van der Waals surface area contributed by atoms with Gasteiger partial charge in [0.05, 0.1) is 5.38 Å². The topological polar surface area (TPSA) is 26.3 Å². The average Bonchev–Trinajstić information content (AvgIpc) is 3.03. The Morgan fingerprint density at radius 1 is 0.955 bits per heavy atom. The zero-order valence-electron chi connectivity index (χ0n) is 11.4. The molecule has 2 aromatic carbocycles. The fourth-order valence-corrected chi connectivity index (χ4v) is 3.56. The summed E-state index contributed by atoms with van der Waals surface area (Å²) < 4.78 is 12.0. The van der Waals surface area contributed by atoms with E-state index in [2.05, 4.69) is 18.2 Å². The molecule has 4 aromatic rings. The monoisotopic (exact) mass is 328 g/mol. The quantitative estimate of drug-likeness (QED) is 0.442. The van der Waals surface area contributed by atoms with Crippen LogP contribution >= 0.6 is 23.2 Å². The minimum atomic E-state index is -0.0157. The molecule has 0 aliphatic heterocycles. The van der Waals surface area contributed by atoms with Gasteiger partial charge in [-0.25, -0.2) is 0 Å². The lowest BCUT2D eigenvalue weighted by atomic mass is 10.1. The highest BCUT2D eigenvalue weighted by molar-refractivity contribution is 6.31. The van der Waals surface area contributed by atoms with Crippen molar-refractivity contribution in [2.75, 3.05) is 0 Å². The summed E-state index contributed by atoms with van der Waals surface area (Å²) in [4.78, 5) is 0. The van der Waals surface area contributed by atoms with Crippen molar-refractivity contribution in [2.24, 2.45) is 0 Å². The van der Waals surface area contributed by atoms with E-state index in [9.17, 15) is 0 Å². The Kier molecular flexibility index (Phi) is 2.47. The summed E-state index contributed by atoms with van der Waals surface area (Å²) in [5, 5.41) is 4.89. The van der Waals surface area contributed by atoms with Gasteiger partial charge in [0, 0.05) is 32.5 Å². The summed E-state index contributed by atoms with van der Waals surface area (Å²) in [5.74, 6) is 0. The van der Waals surface area contributed by atoms with Gasteiger partial charge in [0.25, 0.3) is 0 Å². The molecule has 108 valence electrons. The Labute approximate surface area is 135 Å². The molecule has 0 saturated carbocycles. The van der Waals surface area contributed by atoms with Gasteiger partial charge in [-0.1, -0.05) is 17.7 Å². The number of hydrogen-bond donors (Lipinski definition) is 0.